The zero-order valence-electron chi connectivity index (χ0n) is 11.3. The summed E-state index contributed by atoms with van der Waals surface area (Å²) in [5.41, 5.74) is -2.18. The van der Waals surface area contributed by atoms with Crippen molar-refractivity contribution in [3.05, 3.63) is 35.9 Å². The molecule has 1 aromatic heterocycles. The van der Waals surface area contributed by atoms with Crippen molar-refractivity contribution in [2.45, 2.75) is 25.6 Å². The van der Waals surface area contributed by atoms with Crippen molar-refractivity contribution in [1.29, 1.82) is 0 Å². The van der Waals surface area contributed by atoms with Crippen LogP contribution in [0.15, 0.2) is 30.3 Å². The summed E-state index contributed by atoms with van der Waals surface area (Å²) in [6.07, 6.45) is -4.96. The van der Waals surface area contributed by atoms with E-state index in [9.17, 15) is 18.0 Å². The number of alkyl halides is 3. The molecule has 112 valence electrons. The summed E-state index contributed by atoms with van der Waals surface area (Å²) in [5.74, 6) is -2.11. The first-order valence-electron chi connectivity index (χ1n) is 6.10. The Labute approximate surface area is 118 Å². The van der Waals surface area contributed by atoms with Crippen molar-refractivity contribution in [2.24, 2.45) is 0 Å². The monoisotopic (exact) mass is 298 g/mol. The topological polar surface area (TPSA) is 62.2 Å². The van der Waals surface area contributed by atoms with Gasteiger partial charge in [0, 0.05) is 5.39 Å². The van der Waals surface area contributed by atoms with Crippen LogP contribution in [0.5, 0.6) is 0 Å². The van der Waals surface area contributed by atoms with E-state index in [2.05, 4.69) is 4.98 Å². The molecule has 0 aliphatic carbocycles. The summed E-state index contributed by atoms with van der Waals surface area (Å²) in [4.78, 5) is 15.1. The standard InChI is InChI=1S/C14H13F3N2O2/c1-8-7-9-5-3-4-6-10(9)18-11(8)19-13(2,12(20)21)14(15,16)17/h3-7H,1-2H3,(H,18,19)(H,20,21). The van der Waals surface area contributed by atoms with Crippen molar-refractivity contribution < 1.29 is 23.1 Å². The second kappa shape index (κ2) is 4.91. The first kappa shape index (κ1) is 15.1. The number of fused-ring (bicyclic) bond motifs is 1. The second-order valence-electron chi connectivity index (χ2n) is 4.90. The molecule has 0 bridgehead atoms. The molecule has 2 rings (SSSR count). The molecule has 21 heavy (non-hydrogen) atoms. The number of carboxylic acids is 1. The largest absolute Gasteiger partial charge is 0.479 e. The van der Waals surface area contributed by atoms with Gasteiger partial charge >= 0.3 is 12.1 Å². The molecular weight excluding hydrogens is 285 g/mol. The highest BCUT2D eigenvalue weighted by Gasteiger charge is 2.58. The van der Waals surface area contributed by atoms with E-state index in [4.69, 9.17) is 5.11 Å². The van der Waals surface area contributed by atoms with Crippen LogP contribution in [0.3, 0.4) is 0 Å². The van der Waals surface area contributed by atoms with E-state index < -0.39 is 17.7 Å². The number of para-hydroxylation sites is 1. The fourth-order valence-corrected chi connectivity index (χ4v) is 1.83. The zero-order chi connectivity index (χ0) is 15.8. The molecule has 0 spiro atoms. The van der Waals surface area contributed by atoms with Gasteiger partial charge in [-0.1, -0.05) is 18.2 Å². The maximum absolute atomic E-state index is 13.0. The SMILES string of the molecule is Cc1cc2ccccc2nc1NC(C)(C(=O)O)C(F)(F)F. The predicted molar refractivity (Wildman–Crippen MR) is 72.2 cm³/mol. The number of aryl methyl sites for hydroxylation is 1. The third kappa shape index (κ3) is 2.63. The van der Waals surface area contributed by atoms with Crippen LogP contribution in [-0.2, 0) is 4.79 Å². The van der Waals surface area contributed by atoms with Crippen molar-refractivity contribution >= 4 is 22.7 Å². The number of nitrogens with one attached hydrogen (secondary N) is 1. The lowest BCUT2D eigenvalue weighted by Gasteiger charge is -2.29. The van der Waals surface area contributed by atoms with Gasteiger partial charge < -0.3 is 10.4 Å². The van der Waals surface area contributed by atoms with Gasteiger partial charge in [-0.2, -0.15) is 13.2 Å². The summed E-state index contributed by atoms with van der Waals surface area (Å²) in [6.45, 7) is 2.14. The van der Waals surface area contributed by atoms with Crippen LogP contribution in [0.4, 0.5) is 19.0 Å². The van der Waals surface area contributed by atoms with Crippen LogP contribution < -0.4 is 5.32 Å². The minimum atomic E-state index is -4.96. The number of aromatic nitrogens is 1. The van der Waals surface area contributed by atoms with Crippen LogP contribution in [-0.4, -0.2) is 27.8 Å². The molecule has 0 amide bonds. The minimum Gasteiger partial charge on any atom is -0.479 e. The number of carbonyl (C=O) groups is 1. The lowest BCUT2D eigenvalue weighted by Crippen LogP contribution is -2.55. The van der Waals surface area contributed by atoms with E-state index in [-0.39, 0.29) is 5.82 Å². The number of aliphatic carboxylic acids is 1. The molecular formula is C14H13F3N2O2. The third-order valence-electron chi connectivity index (χ3n) is 3.28. The number of carboxylic acid groups (broad SMARTS) is 1. The van der Waals surface area contributed by atoms with Gasteiger partial charge in [0.2, 0.25) is 5.54 Å². The molecule has 4 nitrogen and oxygen atoms in total. The first-order chi connectivity index (χ1) is 9.65. The van der Waals surface area contributed by atoms with Gasteiger partial charge in [0.15, 0.2) is 0 Å². The fourth-order valence-electron chi connectivity index (χ4n) is 1.83. The summed E-state index contributed by atoms with van der Waals surface area (Å²) in [5, 5.41) is 11.7. The van der Waals surface area contributed by atoms with Gasteiger partial charge in [0.25, 0.3) is 0 Å². The normalized spacial score (nSPS) is 14.7. The minimum absolute atomic E-state index is 0.101. The Balaban J connectivity index is 2.51. The Bertz CT molecular complexity index is 700. The molecule has 2 N–H and O–H groups in total. The summed E-state index contributed by atoms with van der Waals surface area (Å²) >= 11 is 0. The van der Waals surface area contributed by atoms with Gasteiger partial charge in [-0.25, -0.2) is 9.78 Å². The van der Waals surface area contributed by atoms with E-state index in [0.29, 0.717) is 18.0 Å². The van der Waals surface area contributed by atoms with Crippen molar-refractivity contribution in [3.8, 4) is 0 Å². The molecule has 2 aromatic rings. The molecule has 1 unspecified atom stereocenters. The average Bonchev–Trinajstić information content (AvgIpc) is 2.38. The number of halogens is 3. The molecule has 0 fully saturated rings. The highest BCUT2D eigenvalue weighted by Crippen LogP contribution is 2.34. The lowest BCUT2D eigenvalue weighted by atomic mass is 10.0. The smallest absolute Gasteiger partial charge is 0.422 e. The zero-order valence-corrected chi connectivity index (χ0v) is 11.3. The highest BCUT2D eigenvalue weighted by atomic mass is 19.4. The summed E-state index contributed by atoms with van der Waals surface area (Å²) < 4.78 is 39.0. The number of anilines is 1. The molecule has 0 aliphatic rings. The van der Waals surface area contributed by atoms with E-state index in [1.165, 1.54) is 0 Å². The predicted octanol–water partition coefficient (Wildman–Crippen LogP) is 3.36. The number of hydrogen-bond donors (Lipinski definition) is 2. The average molecular weight is 298 g/mol. The molecule has 0 aliphatic heterocycles. The van der Waals surface area contributed by atoms with E-state index in [1.54, 1.807) is 37.3 Å². The lowest BCUT2D eigenvalue weighted by molar-refractivity contribution is -0.192. The maximum atomic E-state index is 13.0. The van der Waals surface area contributed by atoms with Crippen LogP contribution >= 0.6 is 0 Å². The molecule has 0 radical (unpaired) electrons. The van der Waals surface area contributed by atoms with Gasteiger partial charge in [-0.3, -0.25) is 0 Å². The summed E-state index contributed by atoms with van der Waals surface area (Å²) in [6, 6.07) is 8.57. The molecule has 1 heterocycles. The fraction of sp³-hybridized carbons (Fsp3) is 0.286. The number of hydrogen-bond acceptors (Lipinski definition) is 3. The first-order valence-corrected chi connectivity index (χ1v) is 6.10. The van der Waals surface area contributed by atoms with E-state index in [1.807, 2.05) is 5.32 Å². The van der Waals surface area contributed by atoms with Gasteiger partial charge in [-0.15, -0.1) is 0 Å². The number of benzene rings is 1. The van der Waals surface area contributed by atoms with Crippen LogP contribution in [0.2, 0.25) is 0 Å². The third-order valence-corrected chi connectivity index (χ3v) is 3.28. The van der Waals surface area contributed by atoms with Crippen LogP contribution in [0.25, 0.3) is 10.9 Å². The van der Waals surface area contributed by atoms with E-state index >= 15 is 0 Å². The number of nitrogens with zero attached hydrogens (tertiary/aromatic N) is 1. The Morgan fingerprint density at radius 2 is 1.90 bits per heavy atom. The number of pyridine rings is 1. The van der Waals surface area contributed by atoms with Crippen molar-refractivity contribution in [2.75, 3.05) is 5.32 Å². The number of rotatable bonds is 3. The molecule has 0 saturated heterocycles. The van der Waals surface area contributed by atoms with Crippen LogP contribution in [0.1, 0.15) is 12.5 Å². The quantitative estimate of drug-likeness (QED) is 0.912. The molecule has 0 saturated carbocycles. The Hall–Kier alpha value is -2.31. The summed E-state index contributed by atoms with van der Waals surface area (Å²) in [7, 11) is 0. The van der Waals surface area contributed by atoms with Crippen LogP contribution in [0, 0.1) is 6.92 Å². The second-order valence-corrected chi connectivity index (χ2v) is 4.90. The van der Waals surface area contributed by atoms with Crippen molar-refractivity contribution in [3.63, 3.8) is 0 Å². The highest BCUT2D eigenvalue weighted by molar-refractivity contribution is 5.86. The van der Waals surface area contributed by atoms with E-state index in [0.717, 1.165) is 5.39 Å². The van der Waals surface area contributed by atoms with Gasteiger partial charge in [0.1, 0.15) is 5.82 Å². The van der Waals surface area contributed by atoms with Gasteiger partial charge in [0.05, 0.1) is 5.52 Å². The molecule has 7 heteroatoms. The Morgan fingerprint density at radius 1 is 1.29 bits per heavy atom. The maximum Gasteiger partial charge on any atom is 0.422 e. The Morgan fingerprint density at radius 3 is 2.48 bits per heavy atom. The van der Waals surface area contributed by atoms with Gasteiger partial charge in [-0.05, 0) is 31.5 Å². The molecule has 1 aromatic carbocycles. The van der Waals surface area contributed by atoms with Crippen molar-refractivity contribution in [1.82, 2.24) is 4.98 Å². The molecule has 1 atom stereocenters. The Kier molecular flexibility index (Phi) is 3.52.